The zero-order valence-electron chi connectivity index (χ0n) is 22.7. The standard InChI is InChI=1S/C26H36N4O2S3.C2H6/c1-3-5-6-8-15-27-16-14-21-19-28-26(34-21)22-18-20-11-10-12-23(25(20)29-22)30(4-2)35(31,32)24-13-7-9-17-33-24;1-2/h10-13,18-19,27,29H,3-9,14-17H2,1-2H3;1-2H3. The number of thiazole rings is 1. The molecule has 4 rings (SSSR count). The summed E-state index contributed by atoms with van der Waals surface area (Å²) in [6.45, 7) is 10.5. The summed E-state index contributed by atoms with van der Waals surface area (Å²) in [4.78, 5) is 9.38. The number of H-pyrrole nitrogens is 1. The van der Waals surface area contributed by atoms with E-state index in [1.54, 1.807) is 11.3 Å². The lowest BCUT2D eigenvalue weighted by Crippen LogP contribution is -2.31. The highest BCUT2D eigenvalue weighted by atomic mass is 32.3. The molecule has 0 saturated carbocycles. The van der Waals surface area contributed by atoms with Crippen LogP contribution < -0.4 is 9.62 Å². The minimum absolute atomic E-state index is 0.376. The molecule has 3 heterocycles. The number of benzene rings is 1. The first kappa shape index (κ1) is 29.7. The second kappa shape index (κ2) is 15.0. The number of para-hydroxylation sites is 1. The van der Waals surface area contributed by atoms with E-state index in [0.29, 0.717) is 16.5 Å². The van der Waals surface area contributed by atoms with Crippen molar-refractivity contribution in [3.63, 3.8) is 0 Å². The largest absolute Gasteiger partial charge is 0.351 e. The van der Waals surface area contributed by atoms with E-state index in [-0.39, 0.29) is 0 Å². The zero-order chi connectivity index (χ0) is 26.7. The Morgan fingerprint density at radius 2 is 1.97 bits per heavy atom. The Kier molecular flexibility index (Phi) is 12.0. The van der Waals surface area contributed by atoms with Crippen LogP contribution in [0.5, 0.6) is 0 Å². The van der Waals surface area contributed by atoms with E-state index >= 15 is 0 Å². The Bertz CT molecular complexity index is 1250. The molecule has 3 aromatic rings. The van der Waals surface area contributed by atoms with Gasteiger partial charge in [-0.05, 0) is 57.0 Å². The molecule has 0 aliphatic carbocycles. The number of aromatic nitrogens is 2. The summed E-state index contributed by atoms with van der Waals surface area (Å²) >= 11 is 3.13. The van der Waals surface area contributed by atoms with Gasteiger partial charge in [0.15, 0.2) is 0 Å². The summed E-state index contributed by atoms with van der Waals surface area (Å²) in [5.74, 6) is 0.847. The number of rotatable bonds is 13. The van der Waals surface area contributed by atoms with Crippen molar-refractivity contribution in [3.8, 4) is 10.7 Å². The Morgan fingerprint density at radius 1 is 1.14 bits per heavy atom. The maximum absolute atomic E-state index is 13.4. The molecule has 1 aliphatic heterocycles. The number of sulfonamides is 1. The van der Waals surface area contributed by atoms with E-state index in [1.165, 1.54) is 46.6 Å². The number of hydrogen-bond acceptors (Lipinski definition) is 6. The van der Waals surface area contributed by atoms with Gasteiger partial charge < -0.3 is 10.3 Å². The fourth-order valence-corrected chi connectivity index (χ4v) is 8.36. The number of aromatic amines is 1. The van der Waals surface area contributed by atoms with Gasteiger partial charge in [-0.3, -0.25) is 4.31 Å². The van der Waals surface area contributed by atoms with Crippen molar-refractivity contribution in [3.05, 3.63) is 45.7 Å². The molecule has 0 unspecified atom stereocenters. The molecule has 6 nitrogen and oxygen atoms in total. The van der Waals surface area contributed by atoms with Crippen LogP contribution in [0.25, 0.3) is 21.6 Å². The summed E-state index contributed by atoms with van der Waals surface area (Å²) < 4.78 is 28.9. The number of anilines is 1. The quantitative estimate of drug-likeness (QED) is 0.210. The summed E-state index contributed by atoms with van der Waals surface area (Å²) in [7, 11) is -3.57. The molecule has 1 aromatic carbocycles. The molecule has 0 radical (unpaired) electrons. The molecule has 0 atom stereocenters. The maximum Gasteiger partial charge on any atom is 0.270 e. The van der Waals surface area contributed by atoms with Crippen LogP contribution in [-0.4, -0.2) is 43.8 Å². The van der Waals surface area contributed by atoms with Gasteiger partial charge in [-0.25, -0.2) is 13.4 Å². The number of allylic oxidation sites excluding steroid dienone is 1. The van der Waals surface area contributed by atoms with Crippen molar-refractivity contribution in [1.82, 2.24) is 15.3 Å². The minimum Gasteiger partial charge on any atom is -0.351 e. The van der Waals surface area contributed by atoms with E-state index < -0.39 is 10.0 Å². The van der Waals surface area contributed by atoms with Crippen LogP contribution in [0.4, 0.5) is 5.69 Å². The van der Waals surface area contributed by atoms with Crippen molar-refractivity contribution in [2.24, 2.45) is 0 Å². The Balaban J connectivity index is 0.00000186. The second-order valence-corrected chi connectivity index (χ2v) is 13.1. The Hall–Kier alpha value is -1.81. The van der Waals surface area contributed by atoms with Crippen LogP contribution in [0, 0.1) is 0 Å². The maximum atomic E-state index is 13.4. The minimum atomic E-state index is -3.57. The van der Waals surface area contributed by atoms with Gasteiger partial charge in [0.25, 0.3) is 10.0 Å². The summed E-state index contributed by atoms with van der Waals surface area (Å²) in [6, 6.07) is 7.90. The summed E-state index contributed by atoms with van der Waals surface area (Å²) in [6.07, 6.45) is 11.7. The molecule has 0 amide bonds. The van der Waals surface area contributed by atoms with Crippen molar-refractivity contribution < 1.29 is 8.42 Å². The number of hydrogen-bond donors (Lipinski definition) is 2. The van der Waals surface area contributed by atoms with Gasteiger partial charge in [-0.1, -0.05) is 58.2 Å². The van der Waals surface area contributed by atoms with Crippen molar-refractivity contribution >= 4 is 49.7 Å². The van der Waals surface area contributed by atoms with Crippen LogP contribution in [-0.2, 0) is 16.4 Å². The first-order chi connectivity index (χ1) is 18.0. The predicted molar refractivity (Wildman–Crippen MR) is 163 cm³/mol. The lowest BCUT2D eigenvalue weighted by atomic mass is 10.2. The van der Waals surface area contributed by atoms with Gasteiger partial charge in [0, 0.05) is 29.5 Å². The Labute approximate surface area is 231 Å². The van der Waals surface area contributed by atoms with E-state index in [1.807, 2.05) is 51.2 Å². The lowest BCUT2D eigenvalue weighted by molar-refractivity contribution is 0.599. The third-order valence-electron chi connectivity index (χ3n) is 6.18. The van der Waals surface area contributed by atoms with Gasteiger partial charge in [0.05, 0.1) is 16.9 Å². The highest BCUT2D eigenvalue weighted by molar-refractivity contribution is 8.19. The number of nitrogens with one attached hydrogen (secondary N) is 2. The summed E-state index contributed by atoms with van der Waals surface area (Å²) in [5.41, 5.74) is 2.45. The molecule has 2 aromatic heterocycles. The van der Waals surface area contributed by atoms with Gasteiger partial charge in [0.1, 0.15) is 9.24 Å². The Morgan fingerprint density at radius 3 is 2.70 bits per heavy atom. The molecule has 9 heteroatoms. The predicted octanol–water partition coefficient (Wildman–Crippen LogP) is 7.55. The number of nitrogens with zero attached hydrogens (tertiary/aromatic N) is 2. The van der Waals surface area contributed by atoms with E-state index in [0.717, 1.165) is 59.7 Å². The highest BCUT2D eigenvalue weighted by Gasteiger charge is 2.29. The molecular weight excluding hydrogens is 521 g/mol. The third-order valence-corrected chi connectivity index (χ3v) is 10.9. The van der Waals surface area contributed by atoms with Gasteiger partial charge in [-0.15, -0.1) is 23.1 Å². The molecule has 0 bridgehead atoms. The normalized spacial score (nSPS) is 13.8. The van der Waals surface area contributed by atoms with Gasteiger partial charge >= 0.3 is 0 Å². The number of thioether (sulfide) groups is 1. The zero-order valence-corrected chi connectivity index (χ0v) is 25.1. The van der Waals surface area contributed by atoms with Crippen LogP contribution in [0.1, 0.15) is 71.1 Å². The molecular formula is C28H42N4O2S3. The number of fused-ring (bicyclic) bond motifs is 1. The second-order valence-electron chi connectivity index (χ2n) is 8.80. The van der Waals surface area contributed by atoms with Crippen LogP contribution >= 0.6 is 23.1 Å². The molecule has 2 N–H and O–H groups in total. The van der Waals surface area contributed by atoms with Crippen LogP contribution in [0.15, 0.2) is 40.8 Å². The highest BCUT2D eigenvalue weighted by Crippen LogP contribution is 2.37. The fraction of sp³-hybridized carbons (Fsp3) is 0.536. The van der Waals surface area contributed by atoms with Crippen molar-refractivity contribution in [2.45, 2.75) is 72.6 Å². The van der Waals surface area contributed by atoms with Crippen molar-refractivity contribution in [2.75, 3.05) is 29.7 Å². The smallest absolute Gasteiger partial charge is 0.270 e. The number of unbranched alkanes of at least 4 members (excludes halogenated alkanes) is 3. The monoisotopic (exact) mass is 562 g/mol. The van der Waals surface area contributed by atoms with E-state index in [9.17, 15) is 8.42 Å². The summed E-state index contributed by atoms with van der Waals surface area (Å²) in [5, 5.41) is 5.45. The molecule has 204 valence electrons. The average molecular weight is 563 g/mol. The molecule has 37 heavy (non-hydrogen) atoms. The first-order valence-corrected chi connectivity index (χ1v) is 16.9. The topological polar surface area (TPSA) is 78.1 Å². The molecule has 0 spiro atoms. The van der Waals surface area contributed by atoms with E-state index in [2.05, 4.69) is 28.3 Å². The van der Waals surface area contributed by atoms with Crippen LogP contribution in [0.3, 0.4) is 0 Å². The molecule has 0 fully saturated rings. The first-order valence-electron chi connectivity index (χ1n) is 13.7. The molecule has 1 aliphatic rings. The fourth-order valence-electron chi connectivity index (χ4n) is 4.32. The SMILES string of the molecule is CC.CCCCCCNCCc1cnc(-c2cc3cccc(N(CC)S(=O)(=O)C4=CCCCS4)c3[nH]2)s1. The molecule has 0 saturated heterocycles. The third kappa shape index (κ3) is 7.62. The van der Waals surface area contributed by atoms with Gasteiger partial charge in [0.2, 0.25) is 0 Å². The van der Waals surface area contributed by atoms with Crippen molar-refractivity contribution in [1.29, 1.82) is 0 Å². The van der Waals surface area contributed by atoms with Gasteiger partial charge in [-0.2, -0.15) is 0 Å². The lowest BCUT2D eigenvalue weighted by Gasteiger charge is -2.25. The van der Waals surface area contributed by atoms with E-state index in [4.69, 9.17) is 0 Å². The van der Waals surface area contributed by atoms with Crippen LogP contribution in [0.2, 0.25) is 0 Å². The average Bonchev–Trinajstić information content (AvgIpc) is 3.58.